The van der Waals surface area contributed by atoms with E-state index >= 15 is 0 Å². The average Bonchev–Trinajstić information content (AvgIpc) is 2.75. The first-order valence-electron chi connectivity index (χ1n) is 10.3. The Kier molecular flexibility index (Phi) is 6.33. The number of sulfonamides is 1. The van der Waals surface area contributed by atoms with Crippen molar-refractivity contribution in [2.24, 2.45) is 0 Å². The van der Waals surface area contributed by atoms with E-state index in [1.165, 1.54) is 28.6 Å². The molecule has 1 N–H and O–H groups in total. The summed E-state index contributed by atoms with van der Waals surface area (Å²) in [7, 11) is -3.49. The van der Waals surface area contributed by atoms with Crippen LogP contribution in [0.4, 0.5) is 21.8 Å². The molecule has 3 aromatic rings. The molecule has 1 aromatic carbocycles. The van der Waals surface area contributed by atoms with Crippen molar-refractivity contribution in [1.29, 1.82) is 0 Å². The molecule has 0 unspecified atom stereocenters. The SMILES string of the molecule is Cc1ccnc(Nc2cc(N3CCN(S(=O)(=O)Cc4ccc(F)cc4)CC3)nc(C)n2)c1. The topological polar surface area (TPSA) is 91.3 Å². The van der Waals surface area contributed by atoms with E-state index < -0.39 is 10.0 Å². The largest absolute Gasteiger partial charge is 0.354 e. The number of hydrogen-bond donors (Lipinski definition) is 1. The van der Waals surface area contributed by atoms with Crippen LogP contribution in [0.2, 0.25) is 0 Å². The Hall–Kier alpha value is -3.11. The van der Waals surface area contributed by atoms with Crippen LogP contribution < -0.4 is 10.2 Å². The second-order valence-electron chi connectivity index (χ2n) is 7.77. The summed E-state index contributed by atoms with van der Waals surface area (Å²) < 4.78 is 40.2. The smallest absolute Gasteiger partial charge is 0.218 e. The molecule has 8 nitrogen and oxygen atoms in total. The van der Waals surface area contributed by atoms with Gasteiger partial charge in [-0.25, -0.2) is 27.8 Å². The molecule has 32 heavy (non-hydrogen) atoms. The lowest BCUT2D eigenvalue weighted by molar-refractivity contribution is 0.383. The number of aryl methyl sites for hydroxylation is 2. The molecule has 10 heteroatoms. The Morgan fingerprint density at radius 1 is 0.969 bits per heavy atom. The third kappa shape index (κ3) is 5.38. The molecular weight excluding hydrogens is 431 g/mol. The van der Waals surface area contributed by atoms with E-state index in [-0.39, 0.29) is 11.6 Å². The van der Waals surface area contributed by atoms with Crippen molar-refractivity contribution < 1.29 is 12.8 Å². The van der Waals surface area contributed by atoms with E-state index in [9.17, 15) is 12.8 Å². The number of benzene rings is 1. The lowest BCUT2D eigenvalue weighted by Crippen LogP contribution is -2.49. The Balaban J connectivity index is 1.42. The predicted molar refractivity (Wildman–Crippen MR) is 122 cm³/mol. The predicted octanol–water partition coefficient (Wildman–Crippen LogP) is 3.02. The molecule has 0 aliphatic carbocycles. The lowest BCUT2D eigenvalue weighted by Gasteiger charge is -2.34. The molecule has 0 radical (unpaired) electrons. The van der Waals surface area contributed by atoms with Crippen LogP contribution in [0.3, 0.4) is 0 Å². The normalized spacial score (nSPS) is 15.0. The van der Waals surface area contributed by atoms with Crippen molar-refractivity contribution in [3.63, 3.8) is 0 Å². The number of anilines is 3. The number of pyridine rings is 1. The van der Waals surface area contributed by atoms with Crippen molar-refractivity contribution in [1.82, 2.24) is 19.3 Å². The quantitative estimate of drug-likeness (QED) is 0.610. The molecular formula is C22H25FN6O2S. The molecule has 1 saturated heterocycles. The first-order valence-corrected chi connectivity index (χ1v) is 11.9. The number of halogens is 1. The maximum Gasteiger partial charge on any atom is 0.218 e. The molecule has 0 bridgehead atoms. The Labute approximate surface area is 187 Å². The summed E-state index contributed by atoms with van der Waals surface area (Å²) in [6.07, 6.45) is 1.73. The van der Waals surface area contributed by atoms with Crippen LogP contribution in [0.5, 0.6) is 0 Å². The molecule has 0 amide bonds. The molecule has 0 atom stereocenters. The van der Waals surface area contributed by atoms with Gasteiger partial charge in [0.25, 0.3) is 0 Å². The fraction of sp³-hybridized carbons (Fsp3) is 0.318. The van der Waals surface area contributed by atoms with Gasteiger partial charge < -0.3 is 10.2 Å². The number of hydrogen-bond acceptors (Lipinski definition) is 7. The molecule has 0 spiro atoms. The minimum atomic E-state index is -3.49. The monoisotopic (exact) mass is 456 g/mol. The zero-order valence-electron chi connectivity index (χ0n) is 18.0. The van der Waals surface area contributed by atoms with Crippen LogP contribution in [0.15, 0.2) is 48.7 Å². The highest BCUT2D eigenvalue weighted by Crippen LogP contribution is 2.22. The van der Waals surface area contributed by atoms with Gasteiger partial charge in [-0.1, -0.05) is 12.1 Å². The van der Waals surface area contributed by atoms with Gasteiger partial charge in [0, 0.05) is 38.4 Å². The highest BCUT2D eigenvalue weighted by molar-refractivity contribution is 7.88. The Morgan fingerprint density at radius 2 is 1.69 bits per heavy atom. The zero-order valence-corrected chi connectivity index (χ0v) is 18.8. The number of rotatable bonds is 6. The van der Waals surface area contributed by atoms with E-state index in [4.69, 9.17) is 0 Å². The molecule has 3 heterocycles. The van der Waals surface area contributed by atoms with Crippen LogP contribution >= 0.6 is 0 Å². The highest BCUT2D eigenvalue weighted by atomic mass is 32.2. The first kappa shape index (κ1) is 22.1. The Morgan fingerprint density at radius 3 is 2.38 bits per heavy atom. The summed E-state index contributed by atoms with van der Waals surface area (Å²) in [5.74, 6) is 2.17. The minimum Gasteiger partial charge on any atom is -0.354 e. The number of nitrogens with one attached hydrogen (secondary N) is 1. The summed E-state index contributed by atoms with van der Waals surface area (Å²) >= 11 is 0. The average molecular weight is 457 g/mol. The van der Waals surface area contributed by atoms with E-state index in [1.54, 1.807) is 6.20 Å². The molecule has 1 aliphatic heterocycles. The van der Waals surface area contributed by atoms with Gasteiger partial charge in [0.2, 0.25) is 10.0 Å². The maximum atomic E-state index is 13.1. The maximum absolute atomic E-state index is 13.1. The third-order valence-electron chi connectivity index (χ3n) is 5.21. The highest BCUT2D eigenvalue weighted by Gasteiger charge is 2.28. The van der Waals surface area contributed by atoms with Crippen molar-refractivity contribution in [3.05, 3.63) is 71.4 Å². The van der Waals surface area contributed by atoms with Gasteiger partial charge in [-0.15, -0.1) is 0 Å². The van der Waals surface area contributed by atoms with E-state index in [2.05, 4.69) is 20.3 Å². The van der Waals surface area contributed by atoms with Gasteiger partial charge in [-0.3, -0.25) is 0 Å². The van der Waals surface area contributed by atoms with Gasteiger partial charge in [0.15, 0.2) is 0 Å². The minimum absolute atomic E-state index is 0.141. The summed E-state index contributed by atoms with van der Waals surface area (Å²) in [6, 6.07) is 11.3. The van der Waals surface area contributed by atoms with Crippen molar-refractivity contribution in [2.75, 3.05) is 36.4 Å². The van der Waals surface area contributed by atoms with Crippen LogP contribution in [-0.2, 0) is 15.8 Å². The number of piperazine rings is 1. The molecule has 0 saturated carbocycles. The first-order chi connectivity index (χ1) is 15.3. The second-order valence-corrected chi connectivity index (χ2v) is 9.74. The third-order valence-corrected chi connectivity index (χ3v) is 7.06. The second kappa shape index (κ2) is 9.17. The fourth-order valence-electron chi connectivity index (χ4n) is 3.59. The van der Waals surface area contributed by atoms with Crippen LogP contribution in [-0.4, -0.2) is 53.9 Å². The van der Waals surface area contributed by atoms with Crippen molar-refractivity contribution >= 4 is 27.5 Å². The standard InChI is InChI=1S/C22H25FN6O2S/c1-16-7-8-24-20(13-16)27-21-14-22(26-17(2)25-21)28-9-11-29(12-10-28)32(30,31)15-18-3-5-19(23)6-4-18/h3-8,13-14H,9-12,15H2,1-2H3,(H,24,25,26,27). The summed E-state index contributed by atoms with van der Waals surface area (Å²) in [5, 5.41) is 3.21. The molecule has 2 aromatic heterocycles. The molecule has 4 rings (SSSR count). The van der Waals surface area contributed by atoms with E-state index in [0.29, 0.717) is 49.2 Å². The van der Waals surface area contributed by atoms with Crippen LogP contribution in [0, 0.1) is 19.7 Å². The number of nitrogens with zero attached hydrogens (tertiary/aromatic N) is 5. The van der Waals surface area contributed by atoms with Crippen molar-refractivity contribution in [2.45, 2.75) is 19.6 Å². The van der Waals surface area contributed by atoms with Gasteiger partial charge in [-0.05, 0) is 49.2 Å². The lowest BCUT2D eigenvalue weighted by atomic mass is 10.2. The summed E-state index contributed by atoms with van der Waals surface area (Å²) in [5.41, 5.74) is 1.66. The van der Waals surface area contributed by atoms with Gasteiger partial charge >= 0.3 is 0 Å². The summed E-state index contributed by atoms with van der Waals surface area (Å²) in [4.78, 5) is 15.3. The molecule has 1 aliphatic rings. The van der Waals surface area contributed by atoms with Gasteiger partial charge in [0.05, 0.1) is 5.75 Å². The van der Waals surface area contributed by atoms with Gasteiger partial charge in [0.1, 0.15) is 29.1 Å². The molecule has 1 fully saturated rings. The van der Waals surface area contributed by atoms with Crippen molar-refractivity contribution in [3.8, 4) is 0 Å². The Bertz CT molecular complexity index is 1200. The van der Waals surface area contributed by atoms with Gasteiger partial charge in [-0.2, -0.15) is 4.31 Å². The number of aromatic nitrogens is 3. The van der Waals surface area contributed by atoms with E-state index in [1.807, 2.05) is 36.9 Å². The van der Waals surface area contributed by atoms with Crippen LogP contribution in [0.1, 0.15) is 17.0 Å². The summed E-state index contributed by atoms with van der Waals surface area (Å²) in [6.45, 7) is 5.56. The fourth-order valence-corrected chi connectivity index (χ4v) is 5.11. The zero-order chi connectivity index (χ0) is 22.7. The molecule has 168 valence electrons. The van der Waals surface area contributed by atoms with Crippen LogP contribution in [0.25, 0.3) is 0 Å². The van der Waals surface area contributed by atoms with E-state index in [0.717, 1.165) is 11.4 Å².